The van der Waals surface area contributed by atoms with Gasteiger partial charge in [0.2, 0.25) is 11.8 Å². The van der Waals surface area contributed by atoms with Gasteiger partial charge in [0.05, 0.1) is 18.8 Å². The fourth-order valence-corrected chi connectivity index (χ4v) is 3.37. The van der Waals surface area contributed by atoms with E-state index in [1.807, 2.05) is 12.1 Å². The van der Waals surface area contributed by atoms with Crippen LogP contribution in [-0.2, 0) is 16.0 Å². The predicted molar refractivity (Wildman–Crippen MR) is 88.6 cm³/mol. The first-order valence-corrected chi connectivity index (χ1v) is 8.50. The summed E-state index contributed by atoms with van der Waals surface area (Å²) in [5.41, 5.74) is 2.23. The smallest absolute Gasteiger partial charge is 0.222 e. The number of hydrogen-bond acceptors (Lipinski definition) is 4. The molecule has 2 aliphatic rings. The maximum absolute atomic E-state index is 12.2. The lowest BCUT2D eigenvalue weighted by molar-refractivity contribution is -0.123. The highest BCUT2D eigenvalue weighted by Crippen LogP contribution is 2.39. The molecule has 1 aliphatic heterocycles. The van der Waals surface area contributed by atoms with Gasteiger partial charge in [-0.3, -0.25) is 9.59 Å². The molecule has 24 heavy (non-hydrogen) atoms. The number of benzene rings is 1. The molecule has 1 aromatic carbocycles. The fourth-order valence-electron chi connectivity index (χ4n) is 3.37. The first kappa shape index (κ1) is 16.8. The van der Waals surface area contributed by atoms with Crippen LogP contribution in [0.25, 0.3) is 0 Å². The number of carbonyl (C=O) groups is 2. The van der Waals surface area contributed by atoms with Crippen LogP contribution < -0.4 is 15.4 Å². The Labute approximate surface area is 141 Å². The molecule has 1 aromatic rings. The van der Waals surface area contributed by atoms with Crippen LogP contribution in [0.1, 0.15) is 43.4 Å². The van der Waals surface area contributed by atoms with Crippen LogP contribution >= 0.6 is 0 Å². The molecule has 0 radical (unpaired) electrons. The molecule has 6 nitrogen and oxygen atoms in total. The highest BCUT2D eigenvalue weighted by atomic mass is 16.5. The first-order valence-electron chi connectivity index (χ1n) is 8.50. The lowest BCUT2D eigenvalue weighted by Crippen LogP contribution is -2.42. The Balaban J connectivity index is 1.67. The van der Waals surface area contributed by atoms with Gasteiger partial charge >= 0.3 is 0 Å². The van der Waals surface area contributed by atoms with Crippen LogP contribution in [0.3, 0.4) is 0 Å². The minimum atomic E-state index is -0.272. The third-order valence-corrected chi connectivity index (χ3v) is 4.74. The van der Waals surface area contributed by atoms with E-state index in [4.69, 9.17) is 4.74 Å². The van der Waals surface area contributed by atoms with Crippen LogP contribution in [0, 0.1) is 5.92 Å². The van der Waals surface area contributed by atoms with Crippen LogP contribution in [0.4, 0.5) is 0 Å². The Morgan fingerprint density at radius 3 is 2.88 bits per heavy atom. The Bertz CT molecular complexity index is 625. The minimum absolute atomic E-state index is 0.0908. The van der Waals surface area contributed by atoms with E-state index in [1.165, 1.54) is 12.5 Å². The van der Waals surface area contributed by atoms with E-state index in [-0.39, 0.29) is 36.3 Å². The highest BCUT2D eigenvalue weighted by molar-refractivity contribution is 5.78. The van der Waals surface area contributed by atoms with Crippen molar-refractivity contribution in [3.05, 3.63) is 29.3 Å². The van der Waals surface area contributed by atoms with E-state index < -0.39 is 0 Å². The van der Waals surface area contributed by atoms with Crippen molar-refractivity contribution in [2.75, 3.05) is 13.2 Å². The molecule has 1 fully saturated rings. The summed E-state index contributed by atoms with van der Waals surface area (Å²) in [6.07, 6.45) is 2.26. The van der Waals surface area contributed by atoms with E-state index in [0.717, 1.165) is 17.7 Å². The Hall–Kier alpha value is -2.08. The summed E-state index contributed by atoms with van der Waals surface area (Å²) in [6.45, 7) is 2.47. The molecule has 1 saturated carbocycles. The van der Waals surface area contributed by atoms with E-state index >= 15 is 0 Å². The zero-order chi connectivity index (χ0) is 17.1. The number of aliphatic hydroxyl groups is 1. The summed E-state index contributed by atoms with van der Waals surface area (Å²) in [7, 11) is 0. The van der Waals surface area contributed by atoms with Crippen molar-refractivity contribution >= 4 is 11.8 Å². The van der Waals surface area contributed by atoms with Crippen molar-refractivity contribution in [2.24, 2.45) is 5.92 Å². The zero-order valence-corrected chi connectivity index (χ0v) is 13.9. The third-order valence-electron chi connectivity index (χ3n) is 4.74. The van der Waals surface area contributed by atoms with Gasteiger partial charge in [0.15, 0.2) is 0 Å². The van der Waals surface area contributed by atoms with Gasteiger partial charge in [-0.15, -0.1) is 0 Å². The largest absolute Gasteiger partial charge is 0.493 e. The van der Waals surface area contributed by atoms with Gasteiger partial charge in [-0.1, -0.05) is 6.07 Å². The van der Waals surface area contributed by atoms with Crippen LogP contribution in [0.5, 0.6) is 5.75 Å². The molecule has 0 bridgehead atoms. The number of aliphatic hydroxyl groups excluding tert-OH is 1. The number of ether oxygens (including phenoxy) is 1. The zero-order valence-electron chi connectivity index (χ0n) is 13.9. The van der Waals surface area contributed by atoms with Gasteiger partial charge in [-0.25, -0.2) is 0 Å². The topological polar surface area (TPSA) is 87.7 Å². The number of amides is 2. The molecule has 2 amide bonds. The Morgan fingerprint density at radius 1 is 1.38 bits per heavy atom. The van der Waals surface area contributed by atoms with Gasteiger partial charge in [0.25, 0.3) is 0 Å². The first-order chi connectivity index (χ1) is 11.5. The van der Waals surface area contributed by atoms with Crippen molar-refractivity contribution < 1.29 is 19.4 Å². The normalized spacial score (nSPS) is 22.8. The maximum Gasteiger partial charge on any atom is 0.222 e. The standard InChI is InChI=1S/C18H24N2O4/c1-11(21)19-6-4-17(23)20-18(14-9-15(22)10-14)13-2-3-16-12(8-13)5-7-24-16/h2-3,8,14-15,18,22H,4-7,9-10H2,1H3,(H,19,21)(H,20,23)/t14?,15?,18-/m0/s1. The molecule has 3 N–H and O–H groups in total. The van der Waals surface area contributed by atoms with Gasteiger partial charge < -0.3 is 20.5 Å². The van der Waals surface area contributed by atoms with E-state index in [2.05, 4.69) is 16.7 Å². The molecule has 0 spiro atoms. The van der Waals surface area contributed by atoms with Gasteiger partial charge in [0.1, 0.15) is 5.75 Å². The molecule has 130 valence electrons. The van der Waals surface area contributed by atoms with E-state index in [9.17, 15) is 14.7 Å². The summed E-state index contributed by atoms with van der Waals surface area (Å²) in [6, 6.07) is 5.95. The molecule has 1 atom stereocenters. The lowest BCUT2D eigenvalue weighted by atomic mass is 9.75. The van der Waals surface area contributed by atoms with Crippen LogP contribution in [-0.4, -0.2) is 36.2 Å². The van der Waals surface area contributed by atoms with Crippen molar-refractivity contribution in [3.8, 4) is 5.75 Å². The van der Waals surface area contributed by atoms with Crippen molar-refractivity contribution in [1.82, 2.24) is 10.6 Å². The molecule has 6 heteroatoms. The SMILES string of the molecule is CC(=O)NCCC(=O)N[C@@H](c1ccc2c(c1)CCO2)C1CC(O)C1. The van der Waals surface area contributed by atoms with Crippen molar-refractivity contribution in [2.45, 2.75) is 44.8 Å². The van der Waals surface area contributed by atoms with E-state index in [0.29, 0.717) is 26.0 Å². The van der Waals surface area contributed by atoms with Gasteiger partial charge in [-0.05, 0) is 42.0 Å². The van der Waals surface area contributed by atoms with Gasteiger partial charge in [-0.2, -0.15) is 0 Å². The molecular weight excluding hydrogens is 308 g/mol. The minimum Gasteiger partial charge on any atom is -0.493 e. The summed E-state index contributed by atoms with van der Waals surface area (Å²) in [5.74, 6) is 0.931. The summed E-state index contributed by atoms with van der Waals surface area (Å²) in [5, 5.41) is 15.3. The number of hydrogen-bond donors (Lipinski definition) is 3. The summed E-state index contributed by atoms with van der Waals surface area (Å²) in [4.78, 5) is 23.1. The van der Waals surface area contributed by atoms with E-state index in [1.54, 1.807) is 0 Å². The summed E-state index contributed by atoms with van der Waals surface area (Å²) >= 11 is 0. The van der Waals surface area contributed by atoms with Crippen molar-refractivity contribution in [1.29, 1.82) is 0 Å². The third kappa shape index (κ3) is 3.87. The lowest BCUT2D eigenvalue weighted by Gasteiger charge is -2.38. The molecular formula is C18H24N2O4. The van der Waals surface area contributed by atoms with Crippen molar-refractivity contribution in [3.63, 3.8) is 0 Å². The van der Waals surface area contributed by atoms with Gasteiger partial charge in [0, 0.05) is 26.3 Å². The predicted octanol–water partition coefficient (Wildman–Crippen LogP) is 1.08. The molecule has 0 unspecified atom stereocenters. The number of carbonyl (C=O) groups excluding carboxylic acids is 2. The summed E-state index contributed by atoms with van der Waals surface area (Å²) < 4.78 is 5.54. The average molecular weight is 332 g/mol. The highest BCUT2D eigenvalue weighted by Gasteiger charge is 2.36. The second-order valence-corrected chi connectivity index (χ2v) is 6.63. The quantitative estimate of drug-likeness (QED) is 0.727. The number of rotatable bonds is 6. The van der Waals surface area contributed by atoms with Crippen LogP contribution in [0.2, 0.25) is 0 Å². The molecule has 0 aromatic heterocycles. The average Bonchev–Trinajstić information content (AvgIpc) is 2.97. The Kier molecular flexibility index (Phi) is 5.04. The molecule has 3 rings (SSSR count). The van der Waals surface area contributed by atoms with Crippen LogP contribution in [0.15, 0.2) is 18.2 Å². The second kappa shape index (κ2) is 7.21. The molecule has 1 heterocycles. The second-order valence-electron chi connectivity index (χ2n) is 6.63. The molecule has 0 saturated heterocycles. The number of fused-ring (bicyclic) bond motifs is 1. The Morgan fingerprint density at radius 2 is 2.17 bits per heavy atom. The monoisotopic (exact) mass is 332 g/mol. The maximum atomic E-state index is 12.2. The molecule has 1 aliphatic carbocycles. The number of nitrogens with one attached hydrogen (secondary N) is 2. The fraction of sp³-hybridized carbons (Fsp3) is 0.556.